The minimum atomic E-state index is -0.126. The van der Waals surface area contributed by atoms with Crippen molar-refractivity contribution >= 4 is 10.8 Å². The van der Waals surface area contributed by atoms with Gasteiger partial charge < -0.3 is 0 Å². The molecule has 0 amide bonds. The van der Waals surface area contributed by atoms with Crippen molar-refractivity contribution in [1.82, 2.24) is 0 Å². The normalized spacial score (nSPS) is 11.0. The molecule has 0 bridgehead atoms. The molecule has 0 radical (unpaired) electrons. The topological polar surface area (TPSA) is 0 Å². The van der Waals surface area contributed by atoms with Crippen molar-refractivity contribution in [3.05, 3.63) is 71.5 Å². The highest BCUT2D eigenvalue weighted by molar-refractivity contribution is 5.88. The zero-order valence-electron chi connectivity index (χ0n) is 12.5. The maximum atomic E-state index is 14.8. The van der Waals surface area contributed by atoms with Gasteiger partial charge in [-0.1, -0.05) is 68.4 Å². The molecule has 21 heavy (non-hydrogen) atoms. The van der Waals surface area contributed by atoms with Crippen LogP contribution in [0, 0.1) is 5.82 Å². The van der Waals surface area contributed by atoms with Gasteiger partial charge in [-0.3, -0.25) is 0 Å². The fraction of sp³-hybridized carbons (Fsp3) is 0.200. The number of fused-ring (bicyclic) bond motifs is 1. The van der Waals surface area contributed by atoms with Crippen LogP contribution in [0.3, 0.4) is 0 Å². The van der Waals surface area contributed by atoms with Crippen molar-refractivity contribution in [2.45, 2.75) is 26.7 Å². The standard InChI is InChI=1S/C20H19F/c1-3-14-5-8-16(9-6-14)18-12-10-17-13-15(4-2)7-11-19(17)20(18)21/h5-13H,3-4H2,1-2H3. The number of hydrogen-bond donors (Lipinski definition) is 0. The third-order valence-electron chi connectivity index (χ3n) is 4.10. The highest BCUT2D eigenvalue weighted by atomic mass is 19.1. The summed E-state index contributed by atoms with van der Waals surface area (Å²) in [6.07, 6.45) is 1.97. The maximum absolute atomic E-state index is 14.8. The van der Waals surface area contributed by atoms with E-state index < -0.39 is 0 Å². The van der Waals surface area contributed by atoms with Crippen LogP contribution in [0.15, 0.2) is 54.6 Å². The van der Waals surface area contributed by atoms with Crippen molar-refractivity contribution in [2.24, 2.45) is 0 Å². The molecule has 0 aliphatic carbocycles. The Morgan fingerprint density at radius 3 is 2.10 bits per heavy atom. The van der Waals surface area contributed by atoms with Crippen LogP contribution in [-0.2, 0) is 12.8 Å². The van der Waals surface area contributed by atoms with E-state index in [1.807, 2.05) is 36.4 Å². The summed E-state index contributed by atoms with van der Waals surface area (Å²) in [6, 6.07) is 18.0. The second kappa shape index (κ2) is 5.69. The number of hydrogen-bond acceptors (Lipinski definition) is 0. The van der Waals surface area contributed by atoms with Crippen LogP contribution in [-0.4, -0.2) is 0 Å². The van der Waals surface area contributed by atoms with Crippen LogP contribution in [0.1, 0.15) is 25.0 Å². The summed E-state index contributed by atoms with van der Waals surface area (Å²) >= 11 is 0. The summed E-state index contributed by atoms with van der Waals surface area (Å²) in [7, 11) is 0. The van der Waals surface area contributed by atoms with Gasteiger partial charge in [0.05, 0.1) is 0 Å². The van der Waals surface area contributed by atoms with Crippen molar-refractivity contribution in [2.75, 3.05) is 0 Å². The molecule has 0 atom stereocenters. The Balaban J connectivity index is 2.12. The third-order valence-corrected chi connectivity index (χ3v) is 4.10. The predicted molar refractivity (Wildman–Crippen MR) is 88.1 cm³/mol. The Morgan fingerprint density at radius 2 is 1.43 bits per heavy atom. The first-order valence-electron chi connectivity index (χ1n) is 7.53. The summed E-state index contributed by atoms with van der Waals surface area (Å²) in [6.45, 7) is 4.23. The molecule has 0 aromatic heterocycles. The Morgan fingerprint density at radius 1 is 0.762 bits per heavy atom. The van der Waals surface area contributed by atoms with Crippen LogP contribution >= 0.6 is 0 Å². The van der Waals surface area contributed by atoms with E-state index in [1.165, 1.54) is 11.1 Å². The molecule has 0 saturated heterocycles. The van der Waals surface area contributed by atoms with E-state index in [2.05, 4.69) is 32.0 Å². The van der Waals surface area contributed by atoms with Gasteiger partial charge in [0.2, 0.25) is 0 Å². The van der Waals surface area contributed by atoms with Gasteiger partial charge in [0.25, 0.3) is 0 Å². The summed E-state index contributed by atoms with van der Waals surface area (Å²) in [4.78, 5) is 0. The monoisotopic (exact) mass is 278 g/mol. The first-order valence-corrected chi connectivity index (χ1v) is 7.53. The zero-order valence-corrected chi connectivity index (χ0v) is 12.5. The minimum Gasteiger partial charge on any atom is -0.206 e. The molecule has 0 fully saturated rings. The molecule has 0 spiro atoms. The van der Waals surface area contributed by atoms with Gasteiger partial charge in [-0.15, -0.1) is 0 Å². The van der Waals surface area contributed by atoms with Crippen LogP contribution in [0.5, 0.6) is 0 Å². The van der Waals surface area contributed by atoms with Crippen LogP contribution < -0.4 is 0 Å². The van der Waals surface area contributed by atoms with Crippen LogP contribution in [0.25, 0.3) is 21.9 Å². The highest BCUT2D eigenvalue weighted by Crippen LogP contribution is 2.29. The van der Waals surface area contributed by atoms with Gasteiger partial charge >= 0.3 is 0 Å². The largest absolute Gasteiger partial charge is 0.206 e. The van der Waals surface area contributed by atoms with Crippen molar-refractivity contribution in [1.29, 1.82) is 0 Å². The zero-order chi connectivity index (χ0) is 14.8. The second-order valence-electron chi connectivity index (χ2n) is 5.39. The van der Waals surface area contributed by atoms with E-state index in [-0.39, 0.29) is 5.82 Å². The molecule has 106 valence electrons. The van der Waals surface area contributed by atoms with Crippen molar-refractivity contribution in [3.8, 4) is 11.1 Å². The smallest absolute Gasteiger partial charge is 0.138 e. The Hall–Kier alpha value is -2.15. The molecule has 0 N–H and O–H groups in total. The number of benzene rings is 3. The molecular formula is C20H19F. The van der Waals surface area contributed by atoms with Gasteiger partial charge in [-0.05, 0) is 34.9 Å². The fourth-order valence-electron chi connectivity index (χ4n) is 2.70. The van der Waals surface area contributed by atoms with E-state index in [9.17, 15) is 4.39 Å². The lowest BCUT2D eigenvalue weighted by Crippen LogP contribution is -1.89. The maximum Gasteiger partial charge on any atom is 0.138 e. The van der Waals surface area contributed by atoms with E-state index in [1.54, 1.807) is 0 Å². The van der Waals surface area contributed by atoms with Crippen molar-refractivity contribution in [3.63, 3.8) is 0 Å². The molecule has 1 heteroatoms. The molecule has 3 rings (SSSR count). The Labute approximate surface area is 125 Å². The van der Waals surface area contributed by atoms with E-state index in [4.69, 9.17) is 0 Å². The highest BCUT2D eigenvalue weighted by Gasteiger charge is 2.09. The molecule has 0 heterocycles. The lowest BCUT2D eigenvalue weighted by atomic mass is 9.97. The lowest BCUT2D eigenvalue weighted by molar-refractivity contribution is 0.643. The predicted octanol–water partition coefficient (Wildman–Crippen LogP) is 5.77. The Kier molecular flexibility index (Phi) is 3.74. The fourth-order valence-corrected chi connectivity index (χ4v) is 2.70. The first kappa shape index (κ1) is 13.8. The Bertz CT molecular complexity index is 770. The molecular weight excluding hydrogens is 259 g/mol. The number of halogens is 1. The van der Waals surface area contributed by atoms with Gasteiger partial charge in [-0.2, -0.15) is 0 Å². The SMILES string of the molecule is CCc1ccc(-c2ccc3cc(CC)ccc3c2F)cc1. The van der Waals surface area contributed by atoms with Gasteiger partial charge in [0.15, 0.2) is 0 Å². The third kappa shape index (κ3) is 2.56. The molecule has 3 aromatic carbocycles. The lowest BCUT2D eigenvalue weighted by Gasteiger charge is -2.09. The van der Waals surface area contributed by atoms with Crippen LogP contribution in [0.2, 0.25) is 0 Å². The van der Waals surface area contributed by atoms with Gasteiger partial charge in [0, 0.05) is 10.9 Å². The molecule has 0 unspecified atom stereocenters. The molecule has 0 aliphatic heterocycles. The number of aryl methyl sites for hydroxylation is 2. The average molecular weight is 278 g/mol. The van der Waals surface area contributed by atoms with E-state index in [0.717, 1.165) is 23.8 Å². The first-order chi connectivity index (χ1) is 10.2. The molecule has 3 aromatic rings. The quantitative estimate of drug-likeness (QED) is 0.570. The average Bonchev–Trinajstić information content (AvgIpc) is 2.55. The molecule has 0 saturated carbocycles. The number of rotatable bonds is 3. The minimum absolute atomic E-state index is 0.126. The second-order valence-corrected chi connectivity index (χ2v) is 5.39. The van der Waals surface area contributed by atoms with Crippen LogP contribution in [0.4, 0.5) is 4.39 Å². The van der Waals surface area contributed by atoms with Gasteiger partial charge in [-0.25, -0.2) is 4.39 Å². The van der Waals surface area contributed by atoms with E-state index >= 15 is 0 Å². The van der Waals surface area contributed by atoms with Gasteiger partial charge in [0.1, 0.15) is 5.82 Å². The summed E-state index contributed by atoms with van der Waals surface area (Å²) in [5.41, 5.74) is 4.12. The van der Waals surface area contributed by atoms with Crippen molar-refractivity contribution < 1.29 is 4.39 Å². The summed E-state index contributed by atoms with van der Waals surface area (Å²) in [5.74, 6) is -0.126. The molecule has 0 nitrogen and oxygen atoms in total. The molecule has 0 aliphatic rings. The summed E-state index contributed by atoms with van der Waals surface area (Å²) in [5, 5.41) is 1.67. The summed E-state index contributed by atoms with van der Waals surface area (Å²) < 4.78 is 14.8. The van der Waals surface area contributed by atoms with E-state index in [0.29, 0.717) is 10.9 Å².